The first-order chi connectivity index (χ1) is 15.7. The van der Waals surface area contributed by atoms with Crippen LogP contribution in [0.2, 0.25) is 0 Å². The summed E-state index contributed by atoms with van der Waals surface area (Å²) in [7, 11) is 0. The van der Waals surface area contributed by atoms with Crippen molar-refractivity contribution in [3.8, 4) is 5.69 Å². The fourth-order valence-electron chi connectivity index (χ4n) is 2.90. The summed E-state index contributed by atoms with van der Waals surface area (Å²) in [5.41, 5.74) is 3.59. The lowest BCUT2D eigenvalue weighted by atomic mass is 10.2. The van der Waals surface area contributed by atoms with Crippen LogP contribution in [-0.2, 0) is 16.1 Å². The van der Waals surface area contributed by atoms with E-state index in [1.54, 1.807) is 35.1 Å². The Morgan fingerprint density at radius 3 is 2.28 bits per heavy atom. The predicted molar refractivity (Wildman–Crippen MR) is 121 cm³/mol. The molecule has 4 aromatic rings. The molecule has 0 unspecified atom stereocenters. The topological polar surface area (TPSA) is 101 Å². The first-order valence-corrected chi connectivity index (χ1v) is 9.92. The van der Waals surface area contributed by atoms with Crippen LogP contribution in [-0.4, -0.2) is 21.6 Å². The fourth-order valence-corrected chi connectivity index (χ4v) is 2.90. The number of benzene rings is 3. The van der Waals surface area contributed by atoms with Crippen molar-refractivity contribution in [1.82, 2.24) is 15.1 Å². The molecule has 2 amide bonds. The maximum atomic E-state index is 12.2. The number of carbonyl (C=O) groups is 2. The number of carbonyl (C=O) groups excluding carboxylic acids is 2. The van der Waals surface area contributed by atoms with Gasteiger partial charge in [-0.1, -0.05) is 30.3 Å². The third kappa shape index (κ3) is 5.51. The van der Waals surface area contributed by atoms with Crippen LogP contribution >= 0.6 is 0 Å². The Hall–Kier alpha value is -4.59. The molecule has 0 fully saturated rings. The molecule has 32 heavy (non-hydrogen) atoms. The Labute approximate surface area is 184 Å². The molecule has 0 atom stereocenters. The Morgan fingerprint density at radius 1 is 0.812 bits per heavy atom. The number of hydrogen-bond donors (Lipinski definition) is 2. The van der Waals surface area contributed by atoms with Gasteiger partial charge in [0.05, 0.1) is 17.1 Å². The molecule has 1 aromatic heterocycles. The number of hydrogen-bond acceptors (Lipinski definition) is 5. The Balaban J connectivity index is 1.29. The van der Waals surface area contributed by atoms with Crippen LogP contribution in [0.3, 0.4) is 0 Å². The number of nitrogens with one attached hydrogen (secondary N) is 2. The van der Waals surface area contributed by atoms with E-state index >= 15 is 0 Å². The molecular formula is C24H20N6O2. The van der Waals surface area contributed by atoms with Crippen LogP contribution in [0.5, 0.6) is 0 Å². The largest absolute Gasteiger partial charge is 0.344 e. The molecule has 0 saturated carbocycles. The van der Waals surface area contributed by atoms with E-state index in [-0.39, 0.29) is 6.54 Å². The smallest absolute Gasteiger partial charge is 0.313 e. The van der Waals surface area contributed by atoms with Crippen molar-refractivity contribution in [2.45, 2.75) is 6.54 Å². The summed E-state index contributed by atoms with van der Waals surface area (Å²) >= 11 is 0. The summed E-state index contributed by atoms with van der Waals surface area (Å²) in [6.45, 7) is 0.222. The van der Waals surface area contributed by atoms with Crippen LogP contribution in [0.1, 0.15) is 5.56 Å². The highest BCUT2D eigenvalue weighted by atomic mass is 16.2. The first-order valence-electron chi connectivity index (χ1n) is 9.92. The van der Waals surface area contributed by atoms with Gasteiger partial charge in [0.25, 0.3) is 0 Å². The van der Waals surface area contributed by atoms with Crippen molar-refractivity contribution in [2.24, 2.45) is 10.2 Å². The molecule has 0 bridgehead atoms. The summed E-state index contributed by atoms with van der Waals surface area (Å²) in [4.78, 5) is 24.4. The van der Waals surface area contributed by atoms with Crippen LogP contribution in [0, 0.1) is 0 Å². The second kappa shape index (κ2) is 9.94. The number of anilines is 1. The minimum atomic E-state index is -0.744. The average molecular weight is 424 g/mol. The zero-order valence-corrected chi connectivity index (χ0v) is 17.1. The summed E-state index contributed by atoms with van der Waals surface area (Å²) in [6, 6.07) is 25.5. The highest BCUT2D eigenvalue weighted by Crippen LogP contribution is 2.20. The van der Waals surface area contributed by atoms with E-state index in [9.17, 15) is 9.59 Å². The summed E-state index contributed by atoms with van der Waals surface area (Å²) in [5.74, 6) is -1.46. The maximum absolute atomic E-state index is 12.2. The van der Waals surface area contributed by atoms with Crippen molar-refractivity contribution < 1.29 is 9.59 Å². The van der Waals surface area contributed by atoms with Crippen LogP contribution in [0.4, 0.5) is 17.1 Å². The van der Waals surface area contributed by atoms with Gasteiger partial charge < -0.3 is 10.6 Å². The van der Waals surface area contributed by atoms with Crippen molar-refractivity contribution in [3.05, 3.63) is 103 Å². The van der Waals surface area contributed by atoms with Gasteiger partial charge in [0, 0.05) is 24.6 Å². The third-order valence-electron chi connectivity index (χ3n) is 4.50. The predicted octanol–water partition coefficient (Wildman–Crippen LogP) is 4.54. The van der Waals surface area contributed by atoms with E-state index < -0.39 is 11.8 Å². The van der Waals surface area contributed by atoms with Crippen molar-refractivity contribution in [2.75, 3.05) is 5.32 Å². The highest BCUT2D eigenvalue weighted by Gasteiger charge is 2.13. The van der Waals surface area contributed by atoms with Crippen LogP contribution < -0.4 is 10.6 Å². The van der Waals surface area contributed by atoms with Crippen molar-refractivity contribution in [3.63, 3.8) is 0 Å². The number of azo groups is 1. The zero-order valence-electron chi connectivity index (χ0n) is 17.1. The molecular weight excluding hydrogens is 404 g/mol. The molecule has 1 heterocycles. The molecule has 2 N–H and O–H groups in total. The Morgan fingerprint density at radius 2 is 1.56 bits per heavy atom. The van der Waals surface area contributed by atoms with Gasteiger partial charge in [-0.25, -0.2) is 4.68 Å². The van der Waals surface area contributed by atoms with Crippen molar-refractivity contribution >= 4 is 28.9 Å². The van der Waals surface area contributed by atoms with Crippen LogP contribution in [0.25, 0.3) is 5.69 Å². The number of aromatic nitrogens is 2. The van der Waals surface area contributed by atoms with Gasteiger partial charge in [-0.2, -0.15) is 15.3 Å². The fraction of sp³-hybridized carbons (Fsp3) is 0.0417. The monoisotopic (exact) mass is 424 g/mol. The van der Waals surface area contributed by atoms with E-state index in [0.717, 1.165) is 16.9 Å². The van der Waals surface area contributed by atoms with Gasteiger partial charge in [0.1, 0.15) is 0 Å². The van der Waals surface area contributed by atoms with E-state index in [1.807, 2.05) is 66.9 Å². The lowest BCUT2D eigenvalue weighted by Crippen LogP contribution is -2.34. The molecule has 0 saturated heterocycles. The third-order valence-corrected chi connectivity index (χ3v) is 4.50. The SMILES string of the molecule is O=C(NCc1cccc(-n2cccn2)c1)C(=O)Nc1ccc(N=Nc2ccccc2)cc1. The molecule has 3 aromatic carbocycles. The van der Waals surface area contributed by atoms with E-state index in [4.69, 9.17) is 0 Å². The molecule has 4 rings (SSSR count). The zero-order chi connectivity index (χ0) is 22.2. The van der Waals surface area contributed by atoms with Gasteiger partial charge in [-0.05, 0) is 60.2 Å². The van der Waals surface area contributed by atoms with Gasteiger partial charge in [-0.15, -0.1) is 0 Å². The molecule has 158 valence electrons. The number of rotatable bonds is 6. The normalized spacial score (nSPS) is 10.8. The second-order valence-corrected chi connectivity index (χ2v) is 6.84. The first kappa shape index (κ1) is 20.7. The quantitative estimate of drug-likeness (QED) is 0.351. The van der Waals surface area contributed by atoms with Crippen molar-refractivity contribution in [1.29, 1.82) is 0 Å². The summed E-state index contributed by atoms with van der Waals surface area (Å²) in [5, 5.41) is 17.7. The van der Waals surface area contributed by atoms with Crippen LogP contribution in [0.15, 0.2) is 108 Å². The lowest BCUT2D eigenvalue weighted by molar-refractivity contribution is -0.136. The maximum Gasteiger partial charge on any atom is 0.313 e. The van der Waals surface area contributed by atoms with Gasteiger partial charge in [0.15, 0.2) is 0 Å². The summed E-state index contributed by atoms with van der Waals surface area (Å²) in [6.07, 6.45) is 3.52. The molecule has 0 aliphatic heterocycles. The van der Waals surface area contributed by atoms with Gasteiger partial charge in [0.2, 0.25) is 0 Å². The van der Waals surface area contributed by atoms with E-state index in [2.05, 4.69) is 26.0 Å². The Bertz CT molecular complexity index is 1220. The highest BCUT2D eigenvalue weighted by molar-refractivity contribution is 6.39. The van der Waals surface area contributed by atoms with Gasteiger partial charge >= 0.3 is 11.8 Å². The second-order valence-electron chi connectivity index (χ2n) is 6.84. The molecule has 8 nitrogen and oxygen atoms in total. The molecule has 0 spiro atoms. The molecule has 0 radical (unpaired) electrons. The Kier molecular flexibility index (Phi) is 6.42. The standard InChI is InChI=1S/C24H20N6O2/c31-23(25-17-18-6-4-9-22(16-18)30-15-5-14-26-30)24(32)27-19-10-12-21(13-11-19)29-28-20-7-2-1-3-8-20/h1-16H,17H2,(H,25,31)(H,27,32). The molecule has 0 aliphatic rings. The minimum Gasteiger partial charge on any atom is -0.344 e. The molecule has 0 aliphatic carbocycles. The van der Waals surface area contributed by atoms with Gasteiger partial charge in [-0.3, -0.25) is 9.59 Å². The van der Waals surface area contributed by atoms with E-state index in [0.29, 0.717) is 11.4 Å². The minimum absolute atomic E-state index is 0.222. The lowest BCUT2D eigenvalue weighted by Gasteiger charge is -2.08. The average Bonchev–Trinajstić information content (AvgIpc) is 3.38. The number of nitrogens with zero attached hydrogens (tertiary/aromatic N) is 4. The summed E-state index contributed by atoms with van der Waals surface area (Å²) < 4.78 is 1.72. The number of amides is 2. The molecule has 8 heteroatoms. The van der Waals surface area contributed by atoms with E-state index in [1.165, 1.54) is 0 Å².